The van der Waals surface area contributed by atoms with Gasteiger partial charge < -0.3 is 15.8 Å². The first-order valence-corrected chi connectivity index (χ1v) is 6.50. The molecule has 0 aliphatic heterocycles. The molecule has 21 heavy (non-hydrogen) atoms. The highest BCUT2D eigenvalue weighted by Gasteiger charge is 2.23. The Balaban J connectivity index is 3.40. The van der Waals surface area contributed by atoms with Crippen LogP contribution in [0.1, 0.15) is 25.0 Å². The zero-order valence-electron chi connectivity index (χ0n) is 12.6. The average molecular weight is 292 g/mol. The molecule has 114 valence electrons. The van der Waals surface area contributed by atoms with Crippen molar-refractivity contribution in [1.82, 2.24) is 5.32 Å². The predicted octanol–water partition coefficient (Wildman–Crippen LogP) is 1.66. The maximum absolute atomic E-state index is 12.1. The predicted molar refractivity (Wildman–Crippen MR) is 80.7 cm³/mol. The Labute approximate surface area is 123 Å². The molecule has 0 spiro atoms. The van der Waals surface area contributed by atoms with Crippen LogP contribution in [-0.4, -0.2) is 24.5 Å². The first kappa shape index (κ1) is 16.5. The lowest BCUT2D eigenvalue weighted by molar-refractivity contribution is -0.131. The monoisotopic (exact) mass is 292 g/mol. The highest BCUT2D eigenvalue weighted by molar-refractivity contribution is 6.15. The maximum Gasteiger partial charge on any atom is 0.328 e. The van der Waals surface area contributed by atoms with Gasteiger partial charge in [-0.2, -0.15) is 0 Å². The standard InChI is InChI=1S/C14H20N4O3/c1-5-17-14(20)18(13(15)16)12-8(2)6-7-11(9(12)3)21-10(4)19/h6-7H,5H2,1-4H3,(H3,15,16)(H,17,20). The van der Waals surface area contributed by atoms with Crippen LogP contribution in [0.2, 0.25) is 0 Å². The van der Waals surface area contributed by atoms with E-state index in [0.717, 1.165) is 10.5 Å². The third kappa shape index (κ3) is 3.71. The van der Waals surface area contributed by atoms with Gasteiger partial charge in [0.1, 0.15) is 5.75 Å². The van der Waals surface area contributed by atoms with E-state index < -0.39 is 18.0 Å². The SMILES string of the molecule is CCNC(=O)N(C(=N)N)c1c(C)ccc(OC(C)=O)c1C. The molecule has 0 radical (unpaired) electrons. The summed E-state index contributed by atoms with van der Waals surface area (Å²) in [6.07, 6.45) is 0. The van der Waals surface area contributed by atoms with Crippen molar-refractivity contribution in [3.05, 3.63) is 23.3 Å². The summed E-state index contributed by atoms with van der Waals surface area (Å²) in [5.74, 6) is -0.536. The third-order valence-corrected chi connectivity index (χ3v) is 2.83. The topological polar surface area (TPSA) is 109 Å². The van der Waals surface area contributed by atoms with Crippen molar-refractivity contribution in [1.29, 1.82) is 5.41 Å². The zero-order valence-corrected chi connectivity index (χ0v) is 12.6. The molecule has 4 N–H and O–H groups in total. The number of rotatable bonds is 3. The number of ether oxygens (including phenoxy) is 1. The van der Waals surface area contributed by atoms with Crippen molar-refractivity contribution in [2.75, 3.05) is 11.4 Å². The first-order valence-electron chi connectivity index (χ1n) is 6.50. The molecule has 0 saturated heterocycles. The fraction of sp³-hybridized carbons (Fsp3) is 0.357. The van der Waals surface area contributed by atoms with Gasteiger partial charge >= 0.3 is 12.0 Å². The molecule has 1 rings (SSSR count). The van der Waals surface area contributed by atoms with Crippen molar-refractivity contribution < 1.29 is 14.3 Å². The lowest BCUT2D eigenvalue weighted by Gasteiger charge is -2.25. The fourth-order valence-corrected chi connectivity index (χ4v) is 1.99. The van der Waals surface area contributed by atoms with Crippen LogP contribution in [0.15, 0.2) is 12.1 Å². The number of hydrogen-bond acceptors (Lipinski definition) is 4. The van der Waals surface area contributed by atoms with Gasteiger partial charge in [0, 0.05) is 19.0 Å². The Morgan fingerprint density at radius 3 is 2.48 bits per heavy atom. The van der Waals surface area contributed by atoms with Crippen LogP contribution >= 0.6 is 0 Å². The molecule has 0 fully saturated rings. The van der Waals surface area contributed by atoms with E-state index in [0.29, 0.717) is 23.5 Å². The highest BCUT2D eigenvalue weighted by Crippen LogP contribution is 2.32. The van der Waals surface area contributed by atoms with E-state index in [4.69, 9.17) is 15.9 Å². The molecule has 7 heteroatoms. The lowest BCUT2D eigenvalue weighted by Crippen LogP contribution is -2.47. The van der Waals surface area contributed by atoms with Gasteiger partial charge in [0.25, 0.3) is 0 Å². The second-order valence-corrected chi connectivity index (χ2v) is 4.50. The quantitative estimate of drug-likeness (QED) is 0.340. The summed E-state index contributed by atoms with van der Waals surface area (Å²) in [6, 6.07) is 2.85. The van der Waals surface area contributed by atoms with Gasteiger partial charge in [-0.15, -0.1) is 0 Å². The zero-order chi connectivity index (χ0) is 16.2. The second-order valence-electron chi connectivity index (χ2n) is 4.50. The van der Waals surface area contributed by atoms with Crippen LogP contribution in [0.3, 0.4) is 0 Å². The van der Waals surface area contributed by atoms with Crippen molar-refractivity contribution in [2.24, 2.45) is 5.73 Å². The number of esters is 1. The van der Waals surface area contributed by atoms with Gasteiger partial charge in [-0.3, -0.25) is 10.2 Å². The largest absolute Gasteiger partial charge is 0.426 e. The Morgan fingerprint density at radius 2 is 2.00 bits per heavy atom. The van der Waals surface area contributed by atoms with E-state index >= 15 is 0 Å². The molecule has 0 heterocycles. The molecule has 0 bridgehead atoms. The Hall–Kier alpha value is -2.57. The van der Waals surface area contributed by atoms with Gasteiger partial charge in [-0.05, 0) is 32.4 Å². The molecule has 0 atom stereocenters. The number of carbonyl (C=O) groups excluding carboxylic acids is 2. The van der Waals surface area contributed by atoms with Gasteiger partial charge in [0.2, 0.25) is 5.96 Å². The minimum Gasteiger partial charge on any atom is -0.426 e. The number of nitrogens with two attached hydrogens (primary N) is 1. The van der Waals surface area contributed by atoms with Crippen LogP contribution in [0.5, 0.6) is 5.75 Å². The summed E-state index contributed by atoms with van der Waals surface area (Å²) in [4.78, 5) is 24.3. The van der Waals surface area contributed by atoms with Crippen molar-refractivity contribution in [3.63, 3.8) is 0 Å². The molecule has 7 nitrogen and oxygen atoms in total. The number of nitrogens with one attached hydrogen (secondary N) is 2. The molecular weight excluding hydrogens is 272 g/mol. The Bertz CT molecular complexity index is 584. The molecule has 1 aromatic carbocycles. The van der Waals surface area contributed by atoms with E-state index in [1.165, 1.54) is 6.92 Å². The molecule has 1 aromatic rings. The van der Waals surface area contributed by atoms with Crippen molar-refractivity contribution >= 4 is 23.6 Å². The molecular formula is C14H20N4O3. The van der Waals surface area contributed by atoms with E-state index in [9.17, 15) is 9.59 Å². The summed E-state index contributed by atoms with van der Waals surface area (Å²) in [5, 5.41) is 10.2. The minimum atomic E-state index is -0.504. The number of carbonyl (C=O) groups is 2. The summed E-state index contributed by atoms with van der Waals surface area (Å²) < 4.78 is 5.10. The van der Waals surface area contributed by atoms with Gasteiger partial charge in [-0.25, -0.2) is 9.69 Å². The number of guanidine groups is 1. The number of amides is 2. The van der Waals surface area contributed by atoms with Gasteiger partial charge in [0.15, 0.2) is 0 Å². The fourth-order valence-electron chi connectivity index (χ4n) is 1.99. The van der Waals surface area contributed by atoms with Gasteiger partial charge in [0.05, 0.1) is 5.69 Å². The number of urea groups is 1. The number of benzene rings is 1. The van der Waals surface area contributed by atoms with Crippen LogP contribution in [0.4, 0.5) is 10.5 Å². The van der Waals surface area contributed by atoms with Crippen molar-refractivity contribution in [2.45, 2.75) is 27.7 Å². The Morgan fingerprint density at radius 1 is 1.38 bits per heavy atom. The van der Waals surface area contributed by atoms with Crippen LogP contribution in [0, 0.1) is 19.3 Å². The molecule has 0 aliphatic carbocycles. The summed E-state index contributed by atoms with van der Waals surface area (Å²) in [7, 11) is 0. The van der Waals surface area contributed by atoms with E-state index in [1.807, 2.05) is 0 Å². The summed E-state index contributed by atoms with van der Waals surface area (Å²) in [5.41, 5.74) is 7.27. The van der Waals surface area contributed by atoms with E-state index in [1.54, 1.807) is 32.9 Å². The maximum atomic E-state index is 12.1. The Kier molecular flexibility index (Phi) is 5.29. The second kappa shape index (κ2) is 6.74. The van der Waals surface area contributed by atoms with Crippen LogP contribution < -0.4 is 20.7 Å². The average Bonchev–Trinajstić information content (AvgIpc) is 2.37. The molecule has 0 aromatic heterocycles. The van der Waals surface area contributed by atoms with Crippen molar-refractivity contribution in [3.8, 4) is 5.75 Å². The number of hydrogen-bond donors (Lipinski definition) is 3. The molecule has 2 amide bonds. The first-order chi connectivity index (χ1) is 9.79. The normalized spacial score (nSPS) is 9.90. The van der Waals surface area contributed by atoms with Crippen LogP contribution in [0.25, 0.3) is 0 Å². The summed E-state index contributed by atoms with van der Waals surface area (Å²) >= 11 is 0. The number of anilines is 1. The van der Waals surface area contributed by atoms with Gasteiger partial charge in [-0.1, -0.05) is 6.07 Å². The van der Waals surface area contributed by atoms with Crippen LogP contribution in [-0.2, 0) is 4.79 Å². The molecule has 0 unspecified atom stereocenters. The molecule has 0 aliphatic rings. The number of nitrogens with zero attached hydrogens (tertiary/aromatic N) is 1. The third-order valence-electron chi connectivity index (χ3n) is 2.83. The summed E-state index contributed by atoms with van der Waals surface area (Å²) in [6.45, 7) is 6.96. The highest BCUT2D eigenvalue weighted by atomic mass is 16.5. The number of aryl methyl sites for hydroxylation is 1. The lowest BCUT2D eigenvalue weighted by atomic mass is 10.1. The smallest absolute Gasteiger partial charge is 0.328 e. The van der Waals surface area contributed by atoms with E-state index in [2.05, 4.69) is 5.32 Å². The molecule has 0 saturated carbocycles. The van der Waals surface area contributed by atoms with E-state index in [-0.39, 0.29) is 0 Å². The minimum absolute atomic E-state index is 0.332.